The fourth-order valence-electron chi connectivity index (χ4n) is 3.60. The summed E-state index contributed by atoms with van der Waals surface area (Å²) in [6.45, 7) is 12.3. The number of hydrogen-bond acceptors (Lipinski definition) is 2. The summed E-state index contributed by atoms with van der Waals surface area (Å²) in [7, 11) is 0. The van der Waals surface area contributed by atoms with Crippen LogP contribution in [0.2, 0.25) is 0 Å². The number of rotatable bonds is 1. The van der Waals surface area contributed by atoms with Crippen molar-refractivity contribution in [2.24, 2.45) is 11.8 Å². The molecule has 0 aromatic heterocycles. The van der Waals surface area contributed by atoms with Crippen LogP contribution in [0.15, 0.2) is 0 Å². The van der Waals surface area contributed by atoms with E-state index in [1.807, 2.05) is 0 Å². The molecule has 0 aromatic carbocycles. The van der Waals surface area contributed by atoms with Gasteiger partial charge < -0.3 is 5.32 Å². The first-order valence-corrected chi connectivity index (χ1v) is 7.56. The topological polar surface area (TPSA) is 15.3 Å². The standard InChI is InChI=1S/C15H30N2/c1-13-9-16-10-14(2)12-17(11-13)15(3)7-5-4-6-8-15/h13-14,16H,4-12H2,1-3H3. The Labute approximate surface area is 107 Å². The highest BCUT2D eigenvalue weighted by molar-refractivity contribution is 4.91. The average molecular weight is 238 g/mol. The summed E-state index contributed by atoms with van der Waals surface area (Å²) >= 11 is 0. The summed E-state index contributed by atoms with van der Waals surface area (Å²) in [4.78, 5) is 2.82. The lowest BCUT2D eigenvalue weighted by Crippen LogP contribution is -2.54. The molecule has 1 aliphatic carbocycles. The van der Waals surface area contributed by atoms with Crippen LogP contribution in [-0.2, 0) is 0 Å². The molecule has 2 unspecified atom stereocenters. The van der Waals surface area contributed by atoms with Crippen LogP contribution < -0.4 is 5.32 Å². The van der Waals surface area contributed by atoms with Crippen LogP contribution in [0.3, 0.4) is 0 Å². The van der Waals surface area contributed by atoms with E-state index in [0.717, 1.165) is 11.8 Å². The highest BCUT2D eigenvalue weighted by atomic mass is 15.2. The molecule has 100 valence electrons. The summed E-state index contributed by atoms with van der Waals surface area (Å²) in [6, 6.07) is 0. The van der Waals surface area contributed by atoms with Gasteiger partial charge in [0.05, 0.1) is 0 Å². The van der Waals surface area contributed by atoms with E-state index in [1.165, 1.54) is 58.3 Å². The van der Waals surface area contributed by atoms with Crippen LogP contribution in [0.25, 0.3) is 0 Å². The molecule has 2 aliphatic rings. The summed E-state index contributed by atoms with van der Waals surface area (Å²) in [6.07, 6.45) is 7.16. The zero-order valence-electron chi connectivity index (χ0n) is 12.0. The number of nitrogens with zero attached hydrogens (tertiary/aromatic N) is 1. The van der Waals surface area contributed by atoms with Crippen molar-refractivity contribution >= 4 is 0 Å². The fraction of sp³-hybridized carbons (Fsp3) is 1.00. The van der Waals surface area contributed by atoms with E-state index in [4.69, 9.17) is 0 Å². The molecule has 1 heterocycles. The molecule has 0 aromatic rings. The van der Waals surface area contributed by atoms with Gasteiger partial charge in [-0.2, -0.15) is 0 Å². The Balaban J connectivity index is 2.03. The first kappa shape index (κ1) is 13.4. The smallest absolute Gasteiger partial charge is 0.0181 e. The largest absolute Gasteiger partial charge is 0.316 e. The highest BCUT2D eigenvalue weighted by Crippen LogP contribution is 2.34. The normalized spacial score (nSPS) is 36.2. The molecule has 1 aliphatic heterocycles. The lowest BCUT2D eigenvalue weighted by molar-refractivity contribution is 0.0342. The molecule has 2 nitrogen and oxygen atoms in total. The van der Waals surface area contributed by atoms with Gasteiger partial charge in [-0.3, -0.25) is 4.90 Å². The van der Waals surface area contributed by atoms with Crippen LogP contribution in [0, 0.1) is 11.8 Å². The predicted molar refractivity (Wildman–Crippen MR) is 74.3 cm³/mol. The van der Waals surface area contributed by atoms with Crippen LogP contribution >= 0.6 is 0 Å². The minimum absolute atomic E-state index is 0.498. The van der Waals surface area contributed by atoms with Crippen molar-refractivity contribution in [3.63, 3.8) is 0 Å². The van der Waals surface area contributed by atoms with Crippen molar-refractivity contribution in [3.05, 3.63) is 0 Å². The number of hydrogen-bond donors (Lipinski definition) is 1. The molecule has 2 fully saturated rings. The molecule has 1 saturated heterocycles. The Kier molecular flexibility index (Phi) is 4.48. The monoisotopic (exact) mass is 238 g/mol. The van der Waals surface area contributed by atoms with Crippen molar-refractivity contribution in [2.45, 2.75) is 58.4 Å². The lowest BCUT2D eigenvalue weighted by atomic mass is 9.80. The van der Waals surface area contributed by atoms with E-state index >= 15 is 0 Å². The molecule has 2 rings (SSSR count). The summed E-state index contributed by atoms with van der Waals surface area (Å²) in [5.41, 5.74) is 0.498. The van der Waals surface area contributed by atoms with E-state index in [1.54, 1.807) is 0 Å². The summed E-state index contributed by atoms with van der Waals surface area (Å²) in [5, 5.41) is 3.60. The Morgan fingerprint density at radius 3 is 2.00 bits per heavy atom. The second-order valence-electron chi connectivity index (χ2n) is 6.83. The molecule has 0 amide bonds. The van der Waals surface area contributed by atoms with Crippen LogP contribution in [0.5, 0.6) is 0 Å². The maximum Gasteiger partial charge on any atom is 0.0181 e. The van der Waals surface area contributed by atoms with Gasteiger partial charge >= 0.3 is 0 Å². The third-order valence-electron chi connectivity index (χ3n) is 4.74. The predicted octanol–water partition coefficient (Wildman–Crippen LogP) is 2.89. The molecule has 2 atom stereocenters. The highest BCUT2D eigenvalue weighted by Gasteiger charge is 2.35. The lowest BCUT2D eigenvalue weighted by Gasteiger charge is -2.47. The molecule has 0 radical (unpaired) electrons. The number of nitrogens with one attached hydrogen (secondary N) is 1. The first-order valence-electron chi connectivity index (χ1n) is 7.56. The van der Waals surface area contributed by atoms with E-state index in [-0.39, 0.29) is 0 Å². The van der Waals surface area contributed by atoms with Gasteiger partial charge in [-0.05, 0) is 44.7 Å². The quantitative estimate of drug-likeness (QED) is 0.755. The van der Waals surface area contributed by atoms with Crippen LogP contribution in [-0.4, -0.2) is 36.6 Å². The van der Waals surface area contributed by atoms with Gasteiger partial charge in [0.15, 0.2) is 0 Å². The van der Waals surface area contributed by atoms with Gasteiger partial charge in [-0.25, -0.2) is 0 Å². The van der Waals surface area contributed by atoms with E-state index < -0.39 is 0 Å². The molecule has 0 bridgehead atoms. The van der Waals surface area contributed by atoms with Crippen molar-refractivity contribution < 1.29 is 0 Å². The Hall–Kier alpha value is -0.0800. The van der Waals surface area contributed by atoms with E-state index in [9.17, 15) is 0 Å². The average Bonchev–Trinajstić information content (AvgIpc) is 2.27. The van der Waals surface area contributed by atoms with E-state index in [0.29, 0.717) is 5.54 Å². The van der Waals surface area contributed by atoms with Crippen LogP contribution in [0.4, 0.5) is 0 Å². The first-order chi connectivity index (χ1) is 8.10. The molecule has 2 heteroatoms. The van der Waals surface area contributed by atoms with Gasteiger partial charge in [0, 0.05) is 18.6 Å². The van der Waals surface area contributed by atoms with Gasteiger partial charge in [0.25, 0.3) is 0 Å². The van der Waals surface area contributed by atoms with Gasteiger partial charge in [0.2, 0.25) is 0 Å². The molecule has 1 N–H and O–H groups in total. The second kappa shape index (κ2) is 5.71. The summed E-state index contributed by atoms with van der Waals surface area (Å²) < 4.78 is 0. The molecular formula is C15H30N2. The summed E-state index contributed by atoms with van der Waals surface area (Å²) in [5.74, 6) is 1.59. The van der Waals surface area contributed by atoms with Crippen molar-refractivity contribution in [3.8, 4) is 0 Å². The zero-order chi connectivity index (χ0) is 12.3. The molecule has 17 heavy (non-hydrogen) atoms. The third-order valence-corrected chi connectivity index (χ3v) is 4.74. The van der Waals surface area contributed by atoms with Crippen LogP contribution in [0.1, 0.15) is 52.9 Å². The zero-order valence-corrected chi connectivity index (χ0v) is 12.0. The SMILES string of the molecule is CC1CNCC(C)CN(C2(C)CCCCC2)C1. The Bertz CT molecular complexity index is 221. The minimum Gasteiger partial charge on any atom is -0.316 e. The van der Waals surface area contributed by atoms with Gasteiger partial charge in [-0.15, -0.1) is 0 Å². The van der Waals surface area contributed by atoms with Crippen molar-refractivity contribution in [1.82, 2.24) is 10.2 Å². The fourth-order valence-corrected chi connectivity index (χ4v) is 3.60. The molecule has 0 spiro atoms. The minimum atomic E-state index is 0.498. The van der Waals surface area contributed by atoms with Crippen molar-refractivity contribution in [2.75, 3.05) is 26.2 Å². The molecule has 1 saturated carbocycles. The van der Waals surface area contributed by atoms with Crippen molar-refractivity contribution in [1.29, 1.82) is 0 Å². The Morgan fingerprint density at radius 1 is 0.941 bits per heavy atom. The van der Waals surface area contributed by atoms with E-state index in [2.05, 4.69) is 31.0 Å². The van der Waals surface area contributed by atoms with Gasteiger partial charge in [-0.1, -0.05) is 33.1 Å². The maximum absolute atomic E-state index is 3.60. The maximum atomic E-state index is 3.60. The third kappa shape index (κ3) is 3.45. The molecular weight excluding hydrogens is 208 g/mol. The van der Waals surface area contributed by atoms with Gasteiger partial charge in [0.1, 0.15) is 0 Å². The second-order valence-corrected chi connectivity index (χ2v) is 6.83. The Morgan fingerprint density at radius 2 is 1.47 bits per heavy atom.